The molecule has 41 heavy (non-hydrogen) atoms. The van der Waals surface area contributed by atoms with Crippen LogP contribution in [0.15, 0.2) is 24.3 Å². The van der Waals surface area contributed by atoms with E-state index >= 15 is 0 Å². The Morgan fingerprint density at radius 1 is 1.15 bits per heavy atom. The number of carbonyl (C=O) groups excluding carboxylic acids is 1. The summed E-state index contributed by atoms with van der Waals surface area (Å²) in [6.07, 6.45) is -4.21. The van der Waals surface area contributed by atoms with Crippen molar-refractivity contribution in [3.8, 4) is 0 Å². The van der Waals surface area contributed by atoms with Crippen LogP contribution in [0.4, 0.5) is 36.2 Å². The lowest BCUT2D eigenvalue weighted by molar-refractivity contribution is -0.169. The number of aromatic nitrogens is 2. The van der Waals surface area contributed by atoms with E-state index in [1.165, 1.54) is 0 Å². The van der Waals surface area contributed by atoms with Crippen LogP contribution < -0.4 is 15.1 Å². The second kappa shape index (κ2) is 11.0. The fourth-order valence-corrected chi connectivity index (χ4v) is 5.60. The van der Waals surface area contributed by atoms with Crippen LogP contribution in [0.5, 0.6) is 0 Å². The topological polar surface area (TPSA) is 107 Å². The molecule has 1 aromatic heterocycles. The maximum Gasteiger partial charge on any atom is 0.408 e. The van der Waals surface area contributed by atoms with Crippen LogP contribution in [0.25, 0.3) is 0 Å². The molecular weight excluding hydrogens is 539 g/mol. The molecule has 0 bridgehead atoms. The summed E-state index contributed by atoms with van der Waals surface area (Å²) in [4.78, 5) is 27.8. The van der Waals surface area contributed by atoms with Crippen molar-refractivity contribution >= 4 is 34.9 Å². The molecule has 5 rings (SSSR count). The Hall–Kier alpha value is -3.61. The van der Waals surface area contributed by atoms with E-state index in [0.29, 0.717) is 42.5 Å². The van der Waals surface area contributed by atoms with Gasteiger partial charge in [0.15, 0.2) is 12.4 Å². The lowest BCUT2D eigenvalue weighted by Gasteiger charge is -2.29. The minimum Gasteiger partial charge on any atom is -0.457 e. The van der Waals surface area contributed by atoms with E-state index in [1.807, 2.05) is 52.0 Å². The summed E-state index contributed by atoms with van der Waals surface area (Å²) in [5.41, 5.74) is 1.35. The summed E-state index contributed by atoms with van der Waals surface area (Å²) in [5, 5.41) is 11.5. The summed E-state index contributed by atoms with van der Waals surface area (Å²) in [7, 11) is 0. The van der Waals surface area contributed by atoms with Crippen LogP contribution in [0.3, 0.4) is 0 Å². The van der Waals surface area contributed by atoms with Gasteiger partial charge in [0.25, 0.3) is 6.02 Å². The van der Waals surface area contributed by atoms with E-state index < -0.39 is 23.7 Å². The lowest BCUT2D eigenvalue weighted by atomic mass is 9.87. The predicted molar refractivity (Wildman–Crippen MR) is 149 cm³/mol. The third kappa shape index (κ3) is 5.64. The van der Waals surface area contributed by atoms with Gasteiger partial charge in [0.1, 0.15) is 17.7 Å². The molecule has 13 heteroatoms. The first-order chi connectivity index (χ1) is 19.4. The number of amidine groups is 1. The summed E-state index contributed by atoms with van der Waals surface area (Å²) in [6, 6.07) is 5.34. The van der Waals surface area contributed by atoms with Gasteiger partial charge in [-0.25, -0.2) is 9.97 Å². The largest absolute Gasteiger partial charge is 0.457 e. The number of carbonyl (C=O) groups is 1. The van der Waals surface area contributed by atoms with Crippen LogP contribution in [-0.4, -0.2) is 77.9 Å². The number of rotatable bonds is 6. The van der Waals surface area contributed by atoms with Gasteiger partial charge in [0.05, 0.1) is 29.9 Å². The molecule has 10 nitrogen and oxygen atoms in total. The van der Waals surface area contributed by atoms with Crippen molar-refractivity contribution in [2.24, 2.45) is 0 Å². The van der Waals surface area contributed by atoms with E-state index in [4.69, 9.17) is 14.9 Å². The predicted octanol–water partition coefficient (Wildman–Crippen LogP) is 4.57. The smallest absolute Gasteiger partial charge is 0.408 e. The Balaban J connectivity index is 1.45. The maximum atomic E-state index is 13.8. The number of hydrogen-bond acceptors (Lipinski definition) is 8. The summed E-state index contributed by atoms with van der Waals surface area (Å²) >= 11 is 0. The molecule has 3 aliphatic rings. The molecule has 2 saturated heterocycles. The SMILES string of the molecule is CC(C)Nc1nc(COC(=N)N2CCCC2C(F)(F)F)nc2c1C(C)(C)C(=O)N2c1ccc(N2CCOCC2)cc1. The van der Waals surface area contributed by atoms with Gasteiger partial charge < -0.3 is 24.6 Å². The van der Waals surface area contributed by atoms with Gasteiger partial charge in [0.2, 0.25) is 5.91 Å². The molecule has 0 saturated carbocycles. The minimum atomic E-state index is -4.45. The molecule has 1 aromatic carbocycles. The van der Waals surface area contributed by atoms with Crippen LogP contribution in [-0.2, 0) is 26.3 Å². The highest BCUT2D eigenvalue weighted by molar-refractivity contribution is 6.12. The van der Waals surface area contributed by atoms with Gasteiger partial charge in [-0.2, -0.15) is 13.2 Å². The molecule has 3 aliphatic heterocycles. The second-order valence-electron chi connectivity index (χ2n) is 11.4. The number of anilines is 4. The van der Waals surface area contributed by atoms with Gasteiger partial charge in [-0.05, 0) is 64.8 Å². The average molecular weight is 576 g/mol. The van der Waals surface area contributed by atoms with E-state index in [1.54, 1.807) is 4.90 Å². The van der Waals surface area contributed by atoms with E-state index in [2.05, 4.69) is 20.2 Å². The standard InChI is InChI=1S/C28H36F3N7O3/c1-17(2)33-23-22-24(35-21(34-23)16-41-26(32)37-11-5-6-20(37)28(29,30)31)38(25(39)27(22,3)4)19-9-7-18(8-10-19)36-12-14-40-15-13-36/h7-10,17,20,32H,5-6,11-16H2,1-4H3,(H,33,34,35). The van der Waals surface area contributed by atoms with Gasteiger partial charge >= 0.3 is 6.18 Å². The first-order valence-corrected chi connectivity index (χ1v) is 13.9. The van der Waals surface area contributed by atoms with Gasteiger partial charge in [0, 0.05) is 31.4 Å². The molecule has 1 unspecified atom stereocenters. The third-order valence-corrected chi connectivity index (χ3v) is 7.65. The number of halogens is 3. The van der Waals surface area contributed by atoms with Crippen LogP contribution in [0.2, 0.25) is 0 Å². The highest BCUT2D eigenvalue weighted by atomic mass is 19.4. The number of nitrogens with one attached hydrogen (secondary N) is 2. The Morgan fingerprint density at radius 3 is 2.44 bits per heavy atom. The Labute approximate surface area is 237 Å². The fourth-order valence-electron chi connectivity index (χ4n) is 5.60. The zero-order valence-electron chi connectivity index (χ0n) is 23.7. The van der Waals surface area contributed by atoms with Crippen molar-refractivity contribution in [2.45, 2.75) is 70.8 Å². The molecule has 2 fully saturated rings. The Kier molecular flexibility index (Phi) is 7.75. The quantitative estimate of drug-likeness (QED) is 0.381. The number of likely N-dealkylation sites (tertiary alicyclic amines) is 1. The van der Waals surface area contributed by atoms with E-state index in [-0.39, 0.29) is 37.3 Å². The first kappa shape index (κ1) is 28.9. The number of hydrogen-bond donors (Lipinski definition) is 2. The number of nitrogens with zero attached hydrogens (tertiary/aromatic N) is 5. The number of morpholine rings is 1. The number of amides is 1. The monoisotopic (exact) mass is 575 g/mol. The van der Waals surface area contributed by atoms with Crippen LogP contribution >= 0.6 is 0 Å². The van der Waals surface area contributed by atoms with Crippen molar-refractivity contribution in [2.75, 3.05) is 48.0 Å². The average Bonchev–Trinajstić information content (AvgIpc) is 3.50. The Morgan fingerprint density at radius 2 is 1.80 bits per heavy atom. The zero-order chi connectivity index (χ0) is 29.5. The summed E-state index contributed by atoms with van der Waals surface area (Å²) < 4.78 is 51.2. The molecule has 1 atom stereocenters. The molecule has 1 amide bonds. The van der Waals surface area contributed by atoms with Crippen molar-refractivity contribution in [3.63, 3.8) is 0 Å². The molecule has 2 aromatic rings. The zero-order valence-corrected chi connectivity index (χ0v) is 23.7. The number of ether oxygens (including phenoxy) is 2. The number of benzene rings is 1. The third-order valence-electron chi connectivity index (χ3n) is 7.65. The number of alkyl halides is 3. The molecule has 0 spiro atoms. The highest BCUT2D eigenvalue weighted by Gasteiger charge is 2.49. The van der Waals surface area contributed by atoms with Gasteiger partial charge in [-0.15, -0.1) is 0 Å². The minimum absolute atomic E-state index is 0.0223. The summed E-state index contributed by atoms with van der Waals surface area (Å²) in [6.45, 7) is 10.2. The molecule has 222 valence electrons. The van der Waals surface area contributed by atoms with Crippen molar-refractivity contribution < 1.29 is 27.4 Å². The van der Waals surface area contributed by atoms with Crippen molar-refractivity contribution in [1.29, 1.82) is 5.41 Å². The maximum absolute atomic E-state index is 13.8. The molecule has 0 radical (unpaired) electrons. The van der Waals surface area contributed by atoms with Crippen molar-refractivity contribution in [1.82, 2.24) is 14.9 Å². The highest BCUT2D eigenvalue weighted by Crippen LogP contribution is 2.47. The summed E-state index contributed by atoms with van der Waals surface area (Å²) in [5.74, 6) is 0.815. The number of fused-ring (bicyclic) bond motifs is 1. The van der Waals surface area contributed by atoms with Crippen LogP contribution in [0, 0.1) is 5.41 Å². The normalized spacial score (nSPS) is 20.5. The molecule has 0 aliphatic carbocycles. The molecular formula is C28H36F3N7O3. The molecule has 4 heterocycles. The van der Waals surface area contributed by atoms with E-state index in [0.717, 1.165) is 23.7 Å². The lowest BCUT2D eigenvalue weighted by Crippen LogP contribution is -2.45. The Bertz CT molecular complexity index is 1290. The fraction of sp³-hybridized carbons (Fsp3) is 0.571. The second-order valence-corrected chi connectivity index (χ2v) is 11.4. The van der Waals surface area contributed by atoms with Gasteiger partial charge in [-0.1, -0.05) is 0 Å². The molecule has 2 N–H and O–H groups in total. The van der Waals surface area contributed by atoms with Crippen molar-refractivity contribution in [3.05, 3.63) is 35.7 Å². The van der Waals surface area contributed by atoms with Crippen LogP contribution in [0.1, 0.15) is 51.9 Å². The van der Waals surface area contributed by atoms with E-state index in [9.17, 15) is 18.0 Å². The van der Waals surface area contributed by atoms with Gasteiger partial charge in [-0.3, -0.25) is 15.1 Å². The first-order valence-electron chi connectivity index (χ1n) is 13.9.